The van der Waals surface area contributed by atoms with Crippen molar-refractivity contribution in [1.29, 1.82) is 0 Å². The van der Waals surface area contributed by atoms with Crippen LogP contribution in [0, 0.1) is 0 Å². The zero-order valence-corrected chi connectivity index (χ0v) is 16.7. The minimum absolute atomic E-state index is 0.181. The number of nitrogens with zero attached hydrogens (tertiary/aromatic N) is 3. The second-order valence-electron chi connectivity index (χ2n) is 8.60. The van der Waals surface area contributed by atoms with E-state index < -0.39 is 0 Å². The van der Waals surface area contributed by atoms with E-state index in [9.17, 15) is 0 Å². The molecule has 0 radical (unpaired) electrons. The second kappa shape index (κ2) is 7.32. The van der Waals surface area contributed by atoms with E-state index >= 15 is 0 Å². The number of anilines is 1. The number of rotatable bonds is 3. The Morgan fingerprint density at radius 1 is 0.963 bits per heavy atom. The van der Waals surface area contributed by atoms with Gasteiger partial charge >= 0.3 is 0 Å². The normalized spacial score (nSPS) is 18.0. The Morgan fingerprint density at radius 2 is 1.70 bits per heavy atom. The topological polar surface area (TPSA) is 18.8 Å². The average molecular weight is 360 g/mol. The van der Waals surface area contributed by atoms with E-state index in [1.807, 2.05) is 0 Å². The Balaban J connectivity index is 1.54. The summed E-state index contributed by atoms with van der Waals surface area (Å²) >= 11 is 0. The first-order valence-corrected chi connectivity index (χ1v) is 9.87. The van der Waals surface area contributed by atoms with Gasteiger partial charge in [-0.1, -0.05) is 63.2 Å². The number of benzene rings is 2. The van der Waals surface area contributed by atoms with Crippen LogP contribution in [0.5, 0.6) is 0 Å². The monoisotopic (exact) mass is 359 g/mol. The lowest BCUT2D eigenvalue weighted by atomic mass is 9.87. The molecule has 0 unspecified atom stereocenters. The molecule has 0 spiro atoms. The van der Waals surface area contributed by atoms with Crippen LogP contribution in [-0.4, -0.2) is 30.9 Å². The predicted octanol–water partition coefficient (Wildman–Crippen LogP) is 4.99. The van der Waals surface area contributed by atoms with Crippen molar-refractivity contribution in [3.05, 3.63) is 77.0 Å². The maximum absolute atomic E-state index is 4.62. The fraction of sp³-hybridized carbons (Fsp3) is 0.375. The fourth-order valence-electron chi connectivity index (χ4n) is 3.89. The molecule has 3 nitrogen and oxygen atoms in total. The Hall–Kier alpha value is -2.39. The van der Waals surface area contributed by atoms with Crippen LogP contribution in [-0.2, 0) is 12.0 Å². The molecule has 2 aromatic rings. The predicted molar refractivity (Wildman–Crippen MR) is 114 cm³/mol. The molecule has 0 saturated carbocycles. The summed E-state index contributed by atoms with van der Waals surface area (Å²) in [5.41, 5.74) is 6.98. The van der Waals surface area contributed by atoms with Crippen molar-refractivity contribution in [2.24, 2.45) is 4.99 Å². The highest BCUT2D eigenvalue weighted by molar-refractivity contribution is 5.83. The van der Waals surface area contributed by atoms with Gasteiger partial charge in [-0.25, -0.2) is 0 Å². The van der Waals surface area contributed by atoms with Crippen molar-refractivity contribution in [3.63, 3.8) is 0 Å². The van der Waals surface area contributed by atoms with Crippen molar-refractivity contribution in [2.45, 2.75) is 39.2 Å². The summed E-state index contributed by atoms with van der Waals surface area (Å²) in [4.78, 5) is 9.56. The molecule has 2 aliphatic rings. The van der Waals surface area contributed by atoms with Crippen LogP contribution in [0.1, 0.15) is 38.3 Å². The van der Waals surface area contributed by atoms with Crippen molar-refractivity contribution >= 4 is 11.9 Å². The third-order valence-corrected chi connectivity index (χ3v) is 5.53. The van der Waals surface area contributed by atoms with E-state index in [1.54, 1.807) is 0 Å². The van der Waals surface area contributed by atoms with E-state index in [0.717, 1.165) is 26.1 Å². The fourth-order valence-corrected chi connectivity index (χ4v) is 3.89. The Bertz CT molecular complexity index is 841. The van der Waals surface area contributed by atoms with Crippen molar-refractivity contribution in [1.82, 2.24) is 4.90 Å². The minimum atomic E-state index is 0.181. The SMILES string of the molecule is CC(C)(C)c1ccc(N2CN=CC3=C2CN(Cc2ccccc2)CC3)cc1. The van der Waals surface area contributed by atoms with Crippen LogP contribution < -0.4 is 4.90 Å². The molecule has 0 N–H and O–H groups in total. The standard InChI is InChI=1S/C24H29N3/c1-24(2,3)21-9-11-22(12-10-21)27-18-25-15-20-13-14-26(17-23(20)27)16-19-7-5-4-6-8-19/h4-12,15H,13-14,16-18H2,1-3H3. The molecule has 0 amide bonds. The Labute approximate surface area is 163 Å². The lowest BCUT2D eigenvalue weighted by Gasteiger charge is -2.38. The van der Waals surface area contributed by atoms with Gasteiger partial charge in [0.15, 0.2) is 0 Å². The van der Waals surface area contributed by atoms with Gasteiger partial charge in [0, 0.05) is 37.2 Å². The average Bonchev–Trinajstić information content (AvgIpc) is 2.68. The van der Waals surface area contributed by atoms with E-state index in [4.69, 9.17) is 0 Å². The molecule has 2 aromatic carbocycles. The van der Waals surface area contributed by atoms with E-state index in [0.29, 0.717) is 6.67 Å². The highest BCUT2D eigenvalue weighted by Gasteiger charge is 2.26. The zero-order valence-electron chi connectivity index (χ0n) is 16.7. The molecule has 0 saturated heterocycles. The van der Waals surface area contributed by atoms with Gasteiger partial charge in [-0.2, -0.15) is 0 Å². The maximum atomic E-state index is 4.62. The van der Waals surface area contributed by atoms with E-state index in [2.05, 4.69) is 96.4 Å². The van der Waals surface area contributed by atoms with Crippen LogP contribution in [0.3, 0.4) is 0 Å². The van der Waals surface area contributed by atoms with Gasteiger partial charge in [0.1, 0.15) is 6.67 Å². The molecule has 27 heavy (non-hydrogen) atoms. The summed E-state index contributed by atoms with van der Waals surface area (Å²) in [6.45, 7) is 10.6. The molecule has 2 heterocycles. The van der Waals surface area contributed by atoms with Gasteiger partial charge in [0.05, 0.1) is 0 Å². The van der Waals surface area contributed by atoms with Gasteiger partial charge in [-0.15, -0.1) is 0 Å². The van der Waals surface area contributed by atoms with Gasteiger partial charge in [0.2, 0.25) is 0 Å². The van der Waals surface area contributed by atoms with E-state index in [-0.39, 0.29) is 5.41 Å². The molecular weight excluding hydrogens is 330 g/mol. The van der Waals surface area contributed by atoms with Crippen LogP contribution >= 0.6 is 0 Å². The molecule has 3 heteroatoms. The van der Waals surface area contributed by atoms with Gasteiger partial charge in [-0.3, -0.25) is 9.89 Å². The molecule has 0 atom stereocenters. The number of hydrogen-bond donors (Lipinski definition) is 0. The second-order valence-corrected chi connectivity index (χ2v) is 8.60. The van der Waals surface area contributed by atoms with Gasteiger partial charge in [-0.05, 0) is 40.7 Å². The first-order valence-electron chi connectivity index (χ1n) is 9.87. The highest BCUT2D eigenvalue weighted by Crippen LogP contribution is 2.31. The summed E-state index contributed by atoms with van der Waals surface area (Å²) in [7, 11) is 0. The Morgan fingerprint density at radius 3 is 2.41 bits per heavy atom. The molecule has 0 fully saturated rings. The molecule has 4 rings (SSSR count). The first-order chi connectivity index (χ1) is 13.0. The molecule has 140 valence electrons. The maximum Gasteiger partial charge on any atom is 0.114 e. The number of hydrogen-bond acceptors (Lipinski definition) is 3. The van der Waals surface area contributed by atoms with Crippen LogP contribution in [0.15, 0.2) is 70.9 Å². The summed E-state index contributed by atoms with van der Waals surface area (Å²) in [6.07, 6.45) is 3.16. The molecule has 0 aromatic heterocycles. The van der Waals surface area contributed by atoms with Crippen molar-refractivity contribution in [3.8, 4) is 0 Å². The minimum Gasteiger partial charge on any atom is -0.324 e. The van der Waals surface area contributed by atoms with Crippen molar-refractivity contribution < 1.29 is 0 Å². The summed E-state index contributed by atoms with van der Waals surface area (Å²) in [5.74, 6) is 0. The van der Waals surface area contributed by atoms with Crippen LogP contribution in [0.2, 0.25) is 0 Å². The Kier molecular flexibility index (Phi) is 4.88. The summed E-state index contributed by atoms with van der Waals surface area (Å²) in [6, 6.07) is 19.8. The summed E-state index contributed by atoms with van der Waals surface area (Å²) < 4.78 is 0. The molecular formula is C24H29N3. The molecule has 2 aliphatic heterocycles. The lowest BCUT2D eigenvalue weighted by Crippen LogP contribution is -2.40. The van der Waals surface area contributed by atoms with Gasteiger partial charge in [0.25, 0.3) is 0 Å². The van der Waals surface area contributed by atoms with Gasteiger partial charge < -0.3 is 4.90 Å². The van der Waals surface area contributed by atoms with Crippen molar-refractivity contribution in [2.75, 3.05) is 24.7 Å². The molecule has 0 aliphatic carbocycles. The zero-order chi connectivity index (χ0) is 18.9. The number of aliphatic imine (C=N–C) groups is 1. The third kappa shape index (κ3) is 3.98. The third-order valence-electron chi connectivity index (χ3n) is 5.53. The largest absolute Gasteiger partial charge is 0.324 e. The smallest absolute Gasteiger partial charge is 0.114 e. The first kappa shape index (κ1) is 18.0. The van der Waals surface area contributed by atoms with Crippen LogP contribution in [0.25, 0.3) is 0 Å². The van der Waals surface area contributed by atoms with Crippen LogP contribution in [0.4, 0.5) is 5.69 Å². The highest BCUT2D eigenvalue weighted by atomic mass is 15.3. The van der Waals surface area contributed by atoms with E-state index in [1.165, 1.54) is 28.1 Å². The lowest BCUT2D eigenvalue weighted by molar-refractivity contribution is 0.276. The molecule has 0 bridgehead atoms. The quantitative estimate of drug-likeness (QED) is 0.768. The summed E-state index contributed by atoms with van der Waals surface area (Å²) in [5, 5.41) is 0.